The van der Waals surface area contributed by atoms with E-state index in [1.807, 2.05) is 30.3 Å². The minimum absolute atomic E-state index is 0.00434. The number of morpholine rings is 1. The zero-order valence-electron chi connectivity index (χ0n) is 13.7. The minimum atomic E-state index is -0.324. The summed E-state index contributed by atoms with van der Waals surface area (Å²) in [5, 5.41) is 6.51. The highest BCUT2D eigenvalue weighted by atomic mass is 16.5. The molecule has 1 unspecified atom stereocenters. The van der Waals surface area contributed by atoms with E-state index in [1.54, 1.807) is 4.90 Å². The molecule has 3 rings (SSSR count). The van der Waals surface area contributed by atoms with Crippen molar-refractivity contribution in [1.29, 1.82) is 0 Å². The first-order chi connectivity index (χ1) is 12.1. The quantitative estimate of drug-likeness (QED) is 0.772. The lowest BCUT2D eigenvalue weighted by atomic mass is 10.1. The van der Waals surface area contributed by atoms with E-state index in [4.69, 9.17) is 4.74 Å². The van der Waals surface area contributed by atoms with Crippen LogP contribution < -0.4 is 10.7 Å². The van der Waals surface area contributed by atoms with E-state index in [0.717, 1.165) is 5.56 Å². The van der Waals surface area contributed by atoms with Gasteiger partial charge in [-0.3, -0.25) is 14.4 Å². The lowest BCUT2D eigenvalue weighted by Gasteiger charge is -2.33. The van der Waals surface area contributed by atoms with Gasteiger partial charge in [-0.25, -0.2) is 5.43 Å². The van der Waals surface area contributed by atoms with Crippen LogP contribution in [0.25, 0.3) is 0 Å². The van der Waals surface area contributed by atoms with Gasteiger partial charge in [0.2, 0.25) is 11.8 Å². The van der Waals surface area contributed by atoms with Crippen molar-refractivity contribution in [2.75, 3.05) is 19.7 Å². The van der Waals surface area contributed by atoms with Gasteiger partial charge in [0.25, 0.3) is 5.91 Å². The molecule has 0 bridgehead atoms. The molecular weight excluding hydrogens is 324 g/mol. The number of hydrazone groups is 1. The van der Waals surface area contributed by atoms with Gasteiger partial charge in [-0.15, -0.1) is 0 Å². The first-order valence-corrected chi connectivity index (χ1v) is 8.18. The number of ether oxygens (including phenoxy) is 1. The van der Waals surface area contributed by atoms with Crippen LogP contribution in [0.2, 0.25) is 0 Å². The normalized spacial score (nSPS) is 20.7. The molecule has 0 radical (unpaired) electrons. The van der Waals surface area contributed by atoms with Gasteiger partial charge in [0.05, 0.1) is 6.10 Å². The Morgan fingerprint density at radius 1 is 1.28 bits per heavy atom. The van der Waals surface area contributed by atoms with E-state index in [-0.39, 0.29) is 43.4 Å². The molecule has 0 aromatic heterocycles. The van der Waals surface area contributed by atoms with Crippen LogP contribution in [0.1, 0.15) is 18.4 Å². The van der Waals surface area contributed by atoms with Gasteiger partial charge in [0.1, 0.15) is 12.3 Å². The second-order valence-corrected chi connectivity index (χ2v) is 6.00. The molecule has 1 aromatic rings. The molecular formula is C17H20N4O4. The van der Waals surface area contributed by atoms with Crippen molar-refractivity contribution in [3.8, 4) is 0 Å². The third-order valence-electron chi connectivity index (χ3n) is 4.09. The van der Waals surface area contributed by atoms with Crippen molar-refractivity contribution in [1.82, 2.24) is 15.6 Å². The Morgan fingerprint density at radius 2 is 2.08 bits per heavy atom. The summed E-state index contributed by atoms with van der Waals surface area (Å²) in [6.45, 7) is 1.22. The number of nitrogens with one attached hydrogen (secondary N) is 2. The van der Waals surface area contributed by atoms with E-state index in [0.29, 0.717) is 25.2 Å². The summed E-state index contributed by atoms with van der Waals surface area (Å²) < 4.78 is 5.50. The SMILES string of the molecule is O=C1CCC(C(=O)NCC2CN(Cc3ccccc3)C(=O)CO2)=NN1. The van der Waals surface area contributed by atoms with Crippen molar-refractivity contribution >= 4 is 23.4 Å². The van der Waals surface area contributed by atoms with Gasteiger partial charge in [-0.2, -0.15) is 5.10 Å². The summed E-state index contributed by atoms with van der Waals surface area (Å²) in [5.74, 6) is -0.580. The highest BCUT2D eigenvalue weighted by Gasteiger charge is 2.27. The van der Waals surface area contributed by atoms with Gasteiger partial charge in [0.15, 0.2) is 0 Å². The molecule has 2 heterocycles. The molecule has 2 N–H and O–H groups in total. The van der Waals surface area contributed by atoms with Crippen molar-refractivity contribution in [3.05, 3.63) is 35.9 Å². The third-order valence-corrected chi connectivity index (χ3v) is 4.09. The highest BCUT2D eigenvalue weighted by Crippen LogP contribution is 2.11. The van der Waals surface area contributed by atoms with Crippen LogP contribution in [0.15, 0.2) is 35.4 Å². The number of nitrogens with zero attached hydrogens (tertiary/aromatic N) is 2. The van der Waals surface area contributed by atoms with E-state index in [1.165, 1.54) is 0 Å². The number of carbonyl (C=O) groups is 3. The molecule has 1 saturated heterocycles. The maximum atomic E-state index is 12.1. The maximum absolute atomic E-state index is 12.1. The Hall–Kier alpha value is -2.74. The predicted molar refractivity (Wildman–Crippen MR) is 89.4 cm³/mol. The number of amides is 3. The molecule has 2 aliphatic rings. The predicted octanol–water partition coefficient (Wildman–Crippen LogP) is -0.204. The highest BCUT2D eigenvalue weighted by molar-refractivity contribution is 6.39. The Balaban J connectivity index is 1.50. The summed E-state index contributed by atoms with van der Waals surface area (Å²) in [6.07, 6.45) is 0.303. The van der Waals surface area contributed by atoms with Crippen LogP contribution in [-0.4, -0.2) is 54.1 Å². The van der Waals surface area contributed by atoms with Gasteiger partial charge < -0.3 is 15.0 Å². The molecule has 3 amide bonds. The fourth-order valence-electron chi connectivity index (χ4n) is 2.71. The van der Waals surface area contributed by atoms with Gasteiger partial charge >= 0.3 is 0 Å². The average Bonchev–Trinajstić information content (AvgIpc) is 2.63. The maximum Gasteiger partial charge on any atom is 0.267 e. The van der Waals surface area contributed by atoms with Crippen molar-refractivity contribution in [2.45, 2.75) is 25.5 Å². The summed E-state index contributed by atoms with van der Waals surface area (Å²) in [7, 11) is 0. The van der Waals surface area contributed by atoms with Crippen LogP contribution in [0, 0.1) is 0 Å². The smallest absolute Gasteiger partial charge is 0.267 e. The zero-order valence-corrected chi connectivity index (χ0v) is 13.7. The summed E-state index contributed by atoms with van der Waals surface area (Å²) in [6, 6.07) is 9.73. The molecule has 1 fully saturated rings. The van der Waals surface area contributed by atoms with Crippen LogP contribution in [0.3, 0.4) is 0 Å². The first kappa shape index (κ1) is 17.1. The molecule has 8 heteroatoms. The number of hydrogen-bond acceptors (Lipinski definition) is 5. The summed E-state index contributed by atoms with van der Waals surface area (Å²) in [4.78, 5) is 36.8. The van der Waals surface area contributed by atoms with E-state index >= 15 is 0 Å². The van der Waals surface area contributed by atoms with E-state index < -0.39 is 0 Å². The molecule has 0 saturated carbocycles. The molecule has 0 aliphatic carbocycles. The standard InChI is InChI=1S/C17H20N4O4/c22-15-7-6-14(19-20-15)17(24)18-8-13-10-21(16(23)11-25-13)9-12-4-2-1-3-5-12/h1-5,13H,6-11H2,(H,18,24)(H,20,22). The number of rotatable bonds is 5. The average molecular weight is 344 g/mol. The fourth-order valence-corrected chi connectivity index (χ4v) is 2.71. The van der Waals surface area contributed by atoms with Gasteiger partial charge in [0, 0.05) is 32.5 Å². The molecule has 25 heavy (non-hydrogen) atoms. The Kier molecular flexibility index (Phi) is 5.39. The first-order valence-electron chi connectivity index (χ1n) is 8.18. The van der Waals surface area contributed by atoms with Crippen LogP contribution in [0.5, 0.6) is 0 Å². The summed E-state index contributed by atoms with van der Waals surface area (Å²) in [5.41, 5.74) is 3.64. The molecule has 1 aromatic carbocycles. The molecule has 132 valence electrons. The lowest BCUT2D eigenvalue weighted by Crippen LogP contribution is -2.50. The Labute approximate surface area is 145 Å². The topological polar surface area (TPSA) is 100 Å². The van der Waals surface area contributed by atoms with Gasteiger partial charge in [-0.05, 0) is 5.56 Å². The molecule has 8 nitrogen and oxygen atoms in total. The zero-order chi connectivity index (χ0) is 17.6. The van der Waals surface area contributed by atoms with Crippen molar-refractivity contribution in [3.63, 3.8) is 0 Å². The number of carbonyl (C=O) groups excluding carboxylic acids is 3. The lowest BCUT2D eigenvalue weighted by molar-refractivity contribution is -0.149. The molecule has 0 spiro atoms. The Bertz CT molecular complexity index is 689. The minimum Gasteiger partial charge on any atom is -0.365 e. The van der Waals surface area contributed by atoms with Crippen molar-refractivity contribution in [2.24, 2.45) is 5.10 Å². The molecule has 2 aliphatic heterocycles. The largest absolute Gasteiger partial charge is 0.365 e. The van der Waals surface area contributed by atoms with E-state index in [9.17, 15) is 14.4 Å². The van der Waals surface area contributed by atoms with Crippen molar-refractivity contribution < 1.29 is 19.1 Å². The Morgan fingerprint density at radius 3 is 2.80 bits per heavy atom. The van der Waals surface area contributed by atoms with E-state index in [2.05, 4.69) is 15.8 Å². The monoisotopic (exact) mass is 344 g/mol. The fraction of sp³-hybridized carbons (Fsp3) is 0.412. The van der Waals surface area contributed by atoms with Gasteiger partial charge in [-0.1, -0.05) is 30.3 Å². The second kappa shape index (κ2) is 7.89. The van der Waals surface area contributed by atoms with Crippen LogP contribution >= 0.6 is 0 Å². The second-order valence-electron chi connectivity index (χ2n) is 6.00. The summed E-state index contributed by atoms with van der Waals surface area (Å²) >= 11 is 0. The number of benzene rings is 1. The molecule has 1 atom stereocenters. The van der Waals surface area contributed by atoms with Crippen LogP contribution in [0.4, 0.5) is 0 Å². The number of hydrogen-bond donors (Lipinski definition) is 2. The van der Waals surface area contributed by atoms with Crippen LogP contribution in [-0.2, 0) is 25.7 Å². The third kappa shape index (κ3) is 4.63.